The number of hydrogen-bond acceptors (Lipinski definition) is 5. The summed E-state index contributed by atoms with van der Waals surface area (Å²) in [6.45, 7) is 2.52. The Morgan fingerprint density at radius 3 is 2.67 bits per heavy atom. The molecule has 7 heteroatoms. The monoisotopic (exact) mass is 543 g/mol. The fourth-order valence-corrected chi connectivity index (χ4v) is 4.75. The van der Waals surface area contributed by atoms with Gasteiger partial charge in [-0.25, -0.2) is 9.78 Å². The van der Waals surface area contributed by atoms with Crippen LogP contribution < -0.4 is 9.47 Å². The molecule has 200 valence electrons. The third-order valence-electron chi connectivity index (χ3n) is 6.73. The second-order valence-electron chi connectivity index (χ2n) is 9.51. The molecule has 6 nitrogen and oxygen atoms in total. The standard InChI is InChI=1S/C32H30ClNO5/c1-3-38-30(19-39-31-27(32(35)36)16-24(21-8-9-21)17-29(31)37-2)23-6-4-5-20(15-23)7-13-26-14-11-22-10-12-25(33)18-28(22)34-26/h4-7,10-18,21,30H,3,8-9,19H2,1-2H3,(H,35,36)/b13-7+. The first-order valence-corrected chi connectivity index (χ1v) is 13.4. The summed E-state index contributed by atoms with van der Waals surface area (Å²) in [6, 6.07) is 21.2. The molecule has 1 aromatic heterocycles. The van der Waals surface area contributed by atoms with Gasteiger partial charge < -0.3 is 19.3 Å². The number of aromatic nitrogens is 1. The van der Waals surface area contributed by atoms with E-state index in [-0.39, 0.29) is 17.9 Å². The number of halogens is 1. The number of hydrogen-bond donors (Lipinski definition) is 1. The van der Waals surface area contributed by atoms with Crippen LogP contribution >= 0.6 is 11.6 Å². The Bertz CT molecular complexity index is 1530. The highest BCUT2D eigenvalue weighted by Crippen LogP contribution is 2.44. The number of benzene rings is 3. The Hall–Kier alpha value is -3.87. The first kappa shape index (κ1) is 26.7. The molecule has 1 heterocycles. The van der Waals surface area contributed by atoms with E-state index >= 15 is 0 Å². The number of carboxylic acids is 1. The van der Waals surface area contributed by atoms with Crippen LogP contribution in [0.15, 0.2) is 66.7 Å². The topological polar surface area (TPSA) is 77.9 Å². The molecule has 1 aliphatic carbocycles. The van der Waals surface area contributed by atoms with Crippen LogP contribution in [-0.2, 0) is 4.74 Å². The molecular weight excluding hydrogens is 514 g/mol. The lowest BCUT2D eigenvalue weighted by Gasteiger charge is -2.21. The highest BCUT2D eigenvalue weighted by molar-refractivity contribution is 6.31. The minimum Gasteiger partial charge on any atom is -0.493 e. The van der Waals surface area contributed by atoms with Gasteiger partial charge in [0.25, 0.3) is 0 Å². The zero-order valence-electron chi connectivity index (χ0n) is 21.9. The normalized spacial score (nSPS) is 14.0. The van der Waals surface area contributed by atoms with Crippen LogP contribution in [0.2, 0.25) is 5.02 Å². The molecule has 0 aliphatic heterocycles. The number of pyridine rings is 1. The molecule has 0 bridgehead atoms. The van der Waals surface area contributed by atoms with Crippen molar-refractivity contribution in [1.29, 1.82) is 0 Å². The van der Waals surface area contributed by atoms with E-state index < -0.39 is 12.1 Å². The van der Waals surface area contributed by atoms with Gasteiger partial charge in [0, 0.05) is 17.0 Å². The molecule has 1 aliphatic rings. The number of aromatic carboxylic acids is 1. The van der Waals surface area contributed by atoms with Gasteiger partial charge in [-0.15, -0.1) is 0 Å². The quantitative estimate of drug-likeness (QED) is 0.208. The van der Waals surface area contributed by atoms with E-state index in [0.29, 0.717) is 23.3 Å². The van der Waals surface area contributed by atoms with E-state index in [1.54, 1.807) is 6.07 Å². The van der Waals surface area contributed by atoms with Gasteiger partial charge in [-0.1, -0.05) is 48.0 Å². The predicted octanol–water partition coefficient (Wildman–Crippen LogP) is 7.80. The number of ether oxygens (including phenoxy) is 3. The predicted molar refractivity (Wildman–Crippen MR) is 154 cm³/mol. The molecule has 0 spiro atoms. The Morgan fingerprint density at radius 1 is 1.10 bits per heavy atom. The Morgan fingerprint density at radius 2 is 1.92 bits per heavy atom. The van der Waals surface area contributed by atoms with Gasteiger partial charge in [0.05, 0.1) is 18.3 Å². The van der Waals surface area contributed by atoms with E-state index in [2.05, 4.69) is 4.98 Å². The number of rotatable bonds is 11. The Kier molecular flexibility index (Phi) is 8.15. The van der Waals surface area contributed by atoms with Crippen molar-refractivity contribution in [3.63, 3.8) is 0 Å². The summed E-state index contributed by atoms with van der Waals surface area (Å²) in [7, 11) is 1.53. The zero-order chi connectivity index (χ0) is 27.4. The first-order chi connectivity index (χ1) is 18.9. The third kappa shape index (κ3) is 6.41. The second-order valence-corrected chi connectivity index (χ2v) is 9.95. The second kappa shape index (κ2) is 11.9. The van der Waals surface area contributed by atoms with Crippen molar-refractivity contribution in [2.75, 3.05) is 20.3 Å². The van der Waals surface area contributed by atoms with Gasteiger partial charge in [-0.05, 0) is 84.8 Å². The zero-order valence-corrected chi connectivity index (χ0v) is 22.6. The van der Waals surface area contributed by atoms with Crippen molar-refractivity contribution in [2.24, 2.45) is 0 Å². The van der Waals surface area contributed by atoms with Gasteiger partial charge in [-0.3, -0.25) is 0 Å². The number of fused-ring (bicyclic) bond motifs is 1. The molecule has 3 aromatic carbocycles. The summed E-state index contributed by atoms with van der Waals surface area (Å²) < 4.78 is 17.6. The van der Waals surface area contributed by atoms with Crippen LogP contribution in [0.3, 0.4) is 0 Å². The van der Waals surface area contributed by atoms with Crippen LogP contribution in [0, 0.1) is 0 Å². The van der Waals surface area contributed by atoms with Gasteiger partial charge in [0.1, 0.15) is 18.3 Å². The summed E-state index contributed by atoms with van der Waals surface area (Å²) in [5.41, 5.74) is 4.63. The van der Waals surface area contributed by atoms with Gasteiger partial charge in [0.2, 0.25) is 0 Å². The van der Waals surface area contributed by atoms with Crippen molar-refractivity contribution < 1.29 is 24.1 Å². The molecular formula is C32H30ClNO5. The summed E-state index contributed by atoms with van der Waals surface area (Å²) in [5.74, 6) is -0.0124. The van der Waals surface area contributed by atoms with Gasteiger partial charge in [0.15, 0.2) is 11.5 Å². The smallest absolute Gasteiger partial charge is 0.339 e. The van der Waals surface area contributed by atoms with Crippen molar-refractivity contribution >= 4 is 40.6 Å². The third-order valence-corrected chi connectivity index (χ3v) is 6.96. The minimum atomic E-state index is -1.05. The van der Waals surface area contributed by atoms with E-state index in [9.17, 15) is 9.90 Å². The van der Waals surface area contributed by atoms with Crippen LogP contribution in [0.1, 0.15) is 64.5 Å². The number of nitrogens with zero attached hydrogens (tertiary/aromatic N) is 1. The van der Waals surface area contributed by atoms with Gasteiger partial charge >= 0.3 is 5.97 Å². The maximum Gasteiger partial charge on any atom is 0.339 e. The fraction of sp³-hybridized carbons (Fsp3) is 0.250. The van der Waals surface area contributed by atoms with E-state index in [0.717, 1.165) is 46.1 Å². The lowest BCUT2D eigenvalue weighted by atomic mass is 10.0. The molecule has 4 aromatic rings. The Balaban J connectivity index is 1.36. The molecule has 0 saturated heterocycles. The van der Waals surface area contributed by atoms with Gasteiger partial charge in [-0.2, -0.15) is 0 Å². The van der Waals surface area contributed by atoms with Crippen LogP contribution in [0.4, 0.5) is 0 Å². The molecule has 1 unspecified atom stereocenters. The molecule has 0 amide bonds. The fourth-order valence-electron chi connectivity index (χ4n) is 4.58. The molecule has 1 saturated carbocycles. The van der Waals surface area contributed by atoms with E-state index in [1.165, 1.54) is 7.11 Å². The summed E-state index contributed by atoms with van der Waals surface area (Å²) in [6.07, 6.45) is 5.67. The van der Waals surface area contributed by atoms with Crippen molar-refractivity contribution in [3.05, 3.63) is 99.7 Å². The molecule has 1 atom stereocenters. The molecule has 39 heavy (non-hydrogen) atoms. The van der Waals surface area contributed by atoms with Crippen LogP contribution in [-0.4, -0.2) is 36.4 Å². The summed E-state index contributed by atoms with van der Waals surface area (Å²) in [4.78, 5) is 16.7. The largest absolute Gasteiger partial charge is 0.493 e. The first-order valence-electron chi connectivity index (χ1n) is 13.0. The lowest BCUT2D eigenvalue weighted by molar-refractivity contribution is 0.0253. The Labute approximate surface area is 232 Å². The average Bonchev–Trinajstić information content (AvgIpc) is 3.79. The SMILES string of the molecule is CCOC(COc1c(OC)cc(C2CC2)cc1C(=O)O)c1cccc(/C=C/c2ccc3ccc(Cl)cc3n2)c1. The highest BCUT2D eigenvalue weighted by atomic mass is 35.5. The molecule has 1 fully saturated rings. The number of methoxy groups -OCH3 is 1. The van der Waals surface area contributed by atoms with Crippen LogP contribution in [0.5, 0.6) is 11.5 Å². The number of carboxylic acid groups (broad SMARTS) is 1. The van der Waals surface area contributed by atoms with E-state index in [4.69, 9.17) is 25.8 Å². The van der Waals surface area contributed by atoms with E-state index in [1.807, 2.05) is 79.7 Å². The summed E-state index contributed by atoms with van der Waals surface area (Å²) in [5, 5.41) is 11.6. The molecule has 1 N–H and O–H groups in total. The van der Waals surface area contributed by atoms with Crippen molar-refractivity contribution in [2.45, 2.75) is 31.8 Å². The van der Waals surface area contributed by atoms with Crippen molar-refractivity contribution in [1.82, 2.24) is 4.98 Å². The number of carbonyl (C=O) groups is 1. The molecule has 0 radical (unpaired) electrons. The summed E-state index contributed by atoms with van der Waals surface area (Å²) >= 11 is 6.13. The average molecular weight is 544 g/mol. The highest BCUT2D eigenvalue weighted by Gasteiger charge is 2.28. The maximum absolute atomic E-state index is 12.1. The van der Waals surface area contributed by atoms with Crippen molar-refractivity contribution in [3.8, 4) is 11.5 Å². The van der Waals surface area contributed by atoms with Crippen LogP contribution in [0.25, 0.3) is 23.1 Å². The maximum atomic E-state index is 12.1. The lowest BCUT2D eigenvalue weighted by Crippen LogP contribution is -2.16. The minimum absolute atomic E-state index is 0.104. The molecule has 5 rings (SSSR count).